The molecular weight excluding hydrogens is 399 g/mol. The van der Waals surface area contributed by atoms with Gasteiger partial charge < -0.3 is 0 Å². The molecule has 0 fully saturated rings. The predicted molar refractivity (Wildman–Crippen MR) is 97.6 cm³/mol. The number of nitrogens with two attached hydrogens (primary N) is 1. The van der Waals surface area contributed by atoms with Gasteiger partial charge in [0.1, 0.15) is 5.03 Å². The van der Waals surface area contributed by atoms with Crippen LogP contribution in [-0.2, 0) is 26.2 Å². The first-order chi connectivity index (χ1) is 12.2. The van der Waals surface area contributed by atoms with E-state index in [1.54, 1.807) is 24.3 Å². The minimum absolute atomic E-state index is 0.0458. The minimum Gasteiger partial charge on any atom is -0.269 e. The van der Waals surface area contributed by atoms with Gasteiger partial charge in [-0.25, -0.2) is 13.6 Å². The van der Waals surface area contributed by atoms with Crippen molar-refractivity contribution in [2.45, 2.75) is 11.4 Å². The molecule has 134 valence electrons. The summed E-state index contributed by atoms with van der Waals surface area (Å²) in [6, 6.07) is 12.0. The zero-order chi connectivity index (χ0) is 19.1. The van der Waals surface area contributed by atoms with Crippen molar-refractivity contribution in [1.82, 2.24) is 4.90 Å². The fourth-order valence-electron chi connectivity index (χ4n) is 2.52. The molecule has 0 spiro atoms. The Bertz CT molecular complexity index is 1030. The van der Waals surface area contributed by atoms with E-state index in [1.807, 2.05) is 0 Å². The predicted octanol–water partition coefficient (Wildman–Crippen LogP) is 2.51. The van der Waals surface area contributed by atoms with E-state index >= 15 is 0 Å². The minimum atomic E-state index is -3.81. The number of primary sulfonamides is 1. The molecule has 2 aromatic carbocycles. The van der Waals surface area contributed by atoms with Gasteiger partial charge in [0.15, 0.2) is 0 Å². The first-order valence-electron chi connectivity index (χ1n) is 7.32. The number of sulfonamides is 1. The summed E-state index contributed by atoms with van der Waals surface area (Å²) in [5.74, 6) is -1.14. The molecule has 6 nitrogen and oxygen atoms in total. The van der Waals surface area contributed by atoms with Crippen molar-refractivity contribution >= 4 is 50.6 Å². The van der Waals surface area contributed by atoms with E-state index in [2.05, 4.69) is 0 Å². The van der Waals surface area contributed by atoms with Crippen molar-refractivity contribution < 1.29 is 18.0 Å². The smallest absolute Gasteiger partial charge is 0.269 e. The lowest BCUT2D eigenvalue weighted by molar-refractivity contribution is -0.137. The molecule has 0 atom stereocenters. The molecule has 0 aliphatic carbocycles. The molecule has 3 rings (SSSR count). The third-order valence-corrected chi connectivity index (χ3v) is 5.37. The van der Waals surface area contributed by atoms with Crippen LogP contribution in [0.25, 0.3) is 5.57 Å². The highest BCUT2D eigenvalue weighted by atomic mass is 35.5. The van der Waals surface area contributed by atoms with Crippen LogP contribution in [0.2, 0.25) is 5.02 Å². The fourth-order valence-corrected chi connectivity index (χ4v) is 3.46. The number of amides is 2. The molecule has 26 heavy (non-hydrogen) atoms. The number of nitrogens with zero attached hydrogens (tertiary/aromatic N) is 1. The summed E-state index contributed by atoms with van der Waals surface area (Å²) in [7, 11) is -3.81. The van der Waals surface area contributed by atoms with Crippen LogP contribution in [0.5, 0.6) is 0 Å². The van der Waals surface area contributed by atoms with Crippen molar-refractivity contribution in [3.05, 3.63) is 69.7 Å². The standard InChI is InChI=1S/C17H12Cl2N2O4S/c18-12-5-3-11(4-6-12)14-15(19)17(23)21(16(14)22)9-10-1-7-13(8-2-10)26(20,24)25/h1-8H,9H2,(H2,20,24,25). The van der Waals surface area contributed by atoms with Gasteiger partial charge in [0, 0.05) is 5.02 Å². The first kappa shape index (κ1) is 18.6. The number of halogens is 2. The summed E-state index contributed by atoms with van der Waals surface area (Å²) in [4.78, 5) is 26.0. The molecule has 0 aromatic heterocycles. The highest BCUT2D eigenvalue weighted by Crippen LogP contribution is 2.33. The molecule has 0 unspecified atom stereocenters. The van der Waals surface area contributed by atoms with Crippen molar-refractivity contribution in [1.29, 1.82) is 0 Å². The maximum atomic E-state index is 12.7. The average Bonchev–Trinajstić information content (AvgIpc) is 2.79. The topological polar surface area (TPSA) is 97.5 Å². The Kier molecular flexibility index (Phi) is 4.90. The third-order valence-electron chi connectivity index (χ3n) is 3.84. The molecule has 0 radical (unpaired) electrons. The average molecular weight is 411 g/mol. The van der Waals surface area contributed by atoms with Gasteiger partial charge in [-0.2, -0.15) is 0 Å². The van der Waals surface area contributed by atoms with Gasteiger partial charge in [0.2, 0.25) is 10.0 Å². The zero-order valence-electron chi connectivity index (χ0n) is 13.1. The van der Waals surface area contributed by atoms with Crippen molar-refractivity contribution in [3.63, 3.8) is 0 Å². The molecule has 2 N–H and O–H groups in total. The molecule has 1 aliphatic rings. The summed E-state index contributed by atoms with van der Waals surface area (Å²) >= 11 is 11.9. The van der Waals surface area contributed by atoms with E-state index in [-0.39, 0.29) is 22.0 Å². The Labute approximate surface area is 159 Å². The molecule has 2 aromatic rings. The molecular formula is C17H12Cl2N2O4S. The van der Waals surface area contributed by atoms with Crippen LogP contribution < -0.4 is 5.14 Å². The van der Waals surface area contributed by atoms with Crippen molar-refractivity contribution in [2.24, 2.45) is 5.14 Å². The number of hydrogen-bond acceptors (Lipinski definition) is 4. The van der Waals surface area contributed by atoms with Gasteiger partial charge >= 0.3 is 0 Å². The Morgan fingerprint density at radius 3 is 2.00 bits per heavy atom. The van der Waals surface area contributed by atoms with Gasteiger partial charge in [-0.1, -0.05) is 47.5 Å². The van der Waals surface area contributed by atoms with Gasteiger partial charge in [-0.05, 0) is 35.4 Å². The fraction of sp³-hybridized carbons (Fsp3) is 0.0588. The Morgan fingerprint density at radius 2 is 1.46 bits per heavy atom. The van der Waals surface area contributed by atoms with Gasteiger partial charge in [-0.3, -0.25) is 14.5 Å². The van der Waals surface area contributed by atoms with E-state index in [4.69, 9.17) is 28.3 Å². The van der Waals surface area contributed by atoms with Crippen LogP contribution in [0.15, 0.2) is 58.5 Å². The number of hydrogen-bond donors (Lipinski definition) is 1. The molecule has 9 heteroatoms. The highest BCUT2D eigenvalue weighted by molar-refractivity contribution is 7.89. The van der Waals surface area contributed by atoms with E-state index in [1.165, 1.54) is 24.3 Å². The van der Waals surface area contributed by atoms with E-state index in [0.717, 1.165) is 4.90 Å². The van der Waals surface area contributed by atoms with Crippen molar-refractivity contribution in [3.8, 4) is 0 Å². The normalized spacial score (nSPS) is 15.1. The lowest BCUT2D eigenvalue weighted by Gasteiger charge is -2.15. The lowest BCUT2D eigenvalue weighted by Crippen LogP contribution is -2.30. The summed E-state index contributed by atoms with van der Waals surface area (Å²) in [5.41, 5.74) is 1.15. The Morgan fingerprint density at radius 1 is 0.885 bits per heavy atom. The van der Waals surface area contributed by atoms with Crippen LogP contribution in [0.1, 0.15) is 11.1 Å². The summed E-state index contributed by atoms with van der Waals surface area (Å²) in [6.45, 7) is -0.0458. The number of benzene rings is 2. The van der Waals surface area contributed by atoms with Crippen molar-refractivity contribution in [2.75, 3.05) is 0 Å². The second kappa shape index (κ2) is 6.85. The second-order valence-electron chi connectivity index (χ2n) is 5.58. The highest BCUT2D eigenvalue weighted by Gasteiger charge is 2.38. The van der Waals surface area contributed by atoms with Gasteiger partial charge in [0.05, 0.1) is 17.0 Å². The Hall–Kier alpha value is -2.19. The van der Waals surface area contributed by atoms with Crippen LogP contribution in [0.4, 0.5) is 0 Å². The SMILES string of the molecule is NS(=O)(=O)c1ccc(CN2C(=O)C(Cl)=C(c3ccc(Cl)cc3)C2=O)cc1. The van der Waals surface area contributed by atoms with Gasteiger partial charge in [-0.15, -0.1) is 0 Å². The summed E-state index contributed by atoms with van der Waals surface area (Å²) < 4.78 is 22.6. The quantitative estimate of drug-likeness (QED) is 0.782. The summed E-state index contributed by atoms with van der Waals surface area (Å²) in [6.07, 6.45) is 0. The first-order valence-corrected chi connectivity index (χ1v) is 9.62. The van der Waals surface area contributed by atoms with Crippen LogP contribution in [0.3, 0.4) is 0 Å². The summed E-state index contributed by atoms with van der Waals surface area (Å²) in [5, 5.41) is 5.37. The maximum Gasteiger partial charge on any atom is 0.273 e. The zero-order valence-corrected chi connectivity index (χ0v) is 15.5. The maximum absolute atomic E-state index is 12.7. The van der Waals surface area contributed by atoms with Crippen LogP contribution in [0, 0.1) is 0 Å². The third kappa shape index (κ3) is 3.52. The largest absolute Gasteiger partial charge is 0.273 e. The van der Waals surface area contributed by atoms with Crippen LogP contribution in [-0.4, -0.2) is 25.1 Å². The molecule has 0 bridgehead atoms. The number of carbonyl (C=O) groups excluding carboxylic acids is 2. The van der Waals surface area contributed by atoms with Gasteiger partial charge in [0.25, 0.3) is 11.8 Å². The number of rotatable bonds is 4. The molecule has 0 saturated heterocycles. The number of imide groups is 1. The van der Waals surface area contributed by atoms with E-state index < -0.39 is 21.8 Å². The van der Waals surface area contributed by atoms with Crippen LogP contribution >= 0.6 is 23.2 Å². The molecule has 1 aliphatic heterocycles. The van der Waals surface area contributed by atoms with E-state index in [0.29, 0.717) is 16.1 Å². The number of carbonyl (C=O) groups is 2. The van der Waals surface area contributed by atoms with E-state index in [9.17, 15) is 18.0 Å². The lowest BCUT2D eigenvalue weighted by atomic mass is 10.1. The molecule has 1 heterocycles. The second-order valence-corrected chi connectivity index (χ2v) is 7.96. The molecule has 2 amide bonds. The monoisotopic (exact) mass is 410 g/mol. The Balaban J connectivity index is 1.86. The molecule has 0 saturated carbocycles.